The molecular formula is C20H23F3N4O. The van der Waals surface area contributed by atoms with Gasteiger partial charge >= 0.3 is 6.18 Å². The van der Waals surface area contributed by atoms with Gasteiger partial charge in [0.15, 0.2) is 5.65 Å². The number of alkyl halides is 3. The SMILES string of the molecule is Cc1nn2c(C(F)(F)F)ccnc2c1/C=C/C(=O)NC(C)C1CC2CCC1C2. The standard InChI is InChI=1S/C20H23F3N4O/c1-11(16-10-13-3-4-14(16)9-13)25-18(28)6-5-15-12(2)26-27-17(20(21,22)23)7-8-24-19(15)27/h5-8,11,13-14,16H,3-4,9-10H2,1-2H3,(H,25,28)/b6-5+. The highest BCUT2D eigenvalue weighted by Gasteiger charge is 2.42. The van der Waals surface area contributed by atoms with Gasteiger partial charge in [-0.15, -0.1) is 0 Å². The molecule has 0 aliphatic heterocycles. The van der Waals surface area contributed by atoms with Crippen molar-refractivity contribution in [2.45, 2.75) is 51.7 Å². The van der Waals surface area contributed by atoms with Gasteiger partial charge in [-0.2, -0.15) is 18.3 Å². The maximum absolute atomic E-state index is 13.2. The van der Waals surface area contributed by atoms with Gasteiger partial charge in [-0.25, -0.2) is 9.50 Å². The van der Waals surface area contributed by atoms with E-state index in [2.05, 4.69) is 15.4 Å². The fourth-order valence-electron chi connectivity index (χ4n) is 4.92. The number of amides is 1. The zero-order valence-electron chi connectivity index (χ0n) is 15.8. The van der Waals surface area contributed by atoms with Crippen LogP contribution in [0, 0.1) is 24.7 Å². The van der Waals surface area contributed by atoms with E-state index in [0.717, 1.165) is 22.7 Å². The molecule has 150 valence electrons. The van der Waals surface area contributed by atoms with Crippen molar-refractivity contribution in [2.75, 3.05) is 0 Å². The van der Waals surface area contributed by atoms with Gasteiger partial charge in [0.1, 0.15) is 5.69 Å². The van der Waals surface area contributed by atoms with Crippen LogP contribution in [-0.4, -0.2) is 26.5 Å². The first-order valence-electron chi connectivity index (χ1n) is 9.64. The molecule has 2 saturated carbocycles. The summed E-state index contributed by atoms with van der Waals surface area (Å²) in [4.78, 5) is 16.4. The lowest BCUT2D eigenvalue weighted by Crippen LogP contribution is -2.39. The molecule has 2 aromatic heterocycles. The zero-order chi connectivity index (χ0) is 20.1. The van der Waals surface area contributed by atoms with Gasteiger partial charge in [0.05, 0.1) is 5.69 Å². The van der Waals surface area contributed by atoms with E-state index in [1.54, 1.807) is 6.92 Å². The van der Waals surface area contributed by atoms with E-state index < -0.39 is 11.9 Å². The molecule has 2 aliphatic carbocycles. The number of nitrogens with zero attached hydrogens (tertiary/aromatic N) is 3. The first-order valence-corrected chi connectivity index (χ1v) is 9.64. The Hall–Kier alpha value is -2.38. The van der Waals surface area contributed by atoms with Crippen LogP contribution >= 0.6 is 0 Å². The number of aromatic nitrogens is 3. The first kappa shape index (κ1) is 19.0. The van der Waals surface area contributed by atoms with Crippen LogP contribution in [0.1, 0.15) is 49.6 Å². The van der Waals surface area contributed by atoms with Crippen molar-refractivity contribution in [3.63, 3.8) is 0 Å². The third kappa shape index (κ3) is 3.40. The molecule has 0 saturated heterocycles. The van der Waals surface area contributed by atoms with Gasteiger partial charge in [-0.3, -0.25) is 4.79 Å². The summed E-state index contributed by atoms with van der Waals surface area (Å²) in [5, 5.41) is 6.98. The molecule has 4 atom stereocenters. The van der Waals surface area contributed by atoms with Gasteiger partial charge in [-0.05, 0) is 63.0 Å². The highest BCUT2D eigenvalue weighted by Crippen LogP contribution is 2.49. The summed E-state index contributed by atoms with van der Waals surface area (Å²) in [7, 11) is 0. The van der Waals surface area contributed by atoms with E-state index in [0.29, 0.717) is 23.1 Å². The maximum atomic E-state index is 13.2. The van der Waals surface area contributed by atoms with Crippen LogP contribution in [0.15, 0.2) is 18.3 Å². The number of rotatable bonds is 4. The summed E-state index contributed by atoms with van der Waals surface area (Å²) in [5.41, 5.74) is -0.0182. The minimum atomic E-state index is -4.53. The summed E-state index contributed by atoms with van der Waals surface area (Å²) in [5.74, 6) is 1.78. The Morgan fingerprint density at radius 2 is 2.14 bits per heavy atom. The summed E-state index contributed by atoms with van der Waals surface area (Å²) < 4.78 is 40.3. The molecule has 8 heteroatoms. The average molecular weight is 392 g/mol. The second kappa shape index (κ2) is 6.90. The van der Waals surface area contributed by atoms with Crippen LogP contribution < -0.4 is 5.32 Å². The van der Waals surface area contributed by atoms with Gasteiger partial charge in [-0.1, -0.05) is 6.42 Å². The zero-order valence-corrected chi connectivity index (χ0v) is 15.8. The minimum Gasteiger partial charge on any atom is -0.350 e. The molecule has 28 heavy (non-hydrogen) atoms. The Morgan fingerprint density at radius 1 is 1.36 bits per heavy atom. The Kier molecular flexibility index (Phi) is 4.67. The van der Waals surface area contributed by atoms with E-state index in [4.69, 9.17) is 0 Å². The molecule has 5 nitrogen and oxygen atoms in total. The average Bonchev–Trinajstić information content (AvgIpc) is 3.32. The van der Waals surface area contributed by atoms with Crippen molar-refractivity contribution in [3.8, 4) is 0 Å². The second-order valence-electron chi connectivity index (χ2n) is 8.03. The molecule has 1 amide bonds. The quantitative estimate of drug-likeness (QED) is 0.800. The smallest absolute Gasteiger partial charge is 0.350 e. The largest absolute Gasteiger partial charge is 0.433 e. The van der Waals surface area contributed by atoms with Crippen molar-refractivity contribution in [1.82, 2.24) is 19.9 Å². The topological polar surface area (TPSA) is 59.3 Å². The van der Waals surface area contributed by atoms with Gasteiger partial charge in [0.2, 0.25) is 5.91 Å². The van der Waals surface area contributed by atoms with Crippen molar-refractivity contribution < 1.29 is 18.0 Å². The fraction of sp³-hybridized carbons (Fsp3) is 0.550. The minimum absolute atomic E-state index is 0.0810. The Bertz CT molecular complexity index is 933. The number of fused-ring (bicyclic) bond motifs is 3. The Morgan fingerprint density at radius 3 is 2.79 bits per heavy atom. The Balaban J connectivity index is 1.50. The van der Waals surface area contributed by atoms with E-state index in [1.165, 1.54) is 37.8 Å². The maximum Gasteiger partial charge on any atom is 0.433 e. The molecule has 2 aliphatic rings. The van der Waals surface area contributed by atoms with E-state index in [9.17, 15) is 18.0 Å². The molecule has 2 bridgehead atoms. The highest BCUT2D eigenvalue weighted by atomic mass is 19.4. The van der Waals surface area contributed by atoms with Gasteiger partial charge in [0, 0.05) is 23.9 Å². The van der Waals surface area contributed by atoms with E-state index in [-0.39, 0.29) is 17.6 Å². The number of hydrogen-bond donors (Lipinski definition) is 1. The lowest BCUT2D eigenvalue weighted by molar-refractivity contribution is -0.142. The molecule has 2 aromatic rings. The number of aryl methyl sites for hydroxylation is 1. The van der Waals surface area contributed by atoms with Crippen molar-refractivity contribution >= 4 is 17.6 Å². The van der Waals surface area contributed by atoms with Gasteiger partial charge < -0.3 is 5.32 Å². The van der Waals surface area contributed by atoms with Crippen molar-refractivity contribution in [3.05, 3.63) is 35.3 Å². The molecule has 4 rings (SSSR count). The van der Waals surface area contributed by atoms with Crippen molar-refractivity contribution in [1.29, 1.82) is 0 Å². The van der Waals surface area contributed by atoms with Crippen molar-refractivity contribution in [2.24, 2.45) is 17.8 Å². The summed E-state index contributed by atoms with van der Waals surface area (Å²) in [6.45, 7) is 3.64. The van der Waals surface area contributed by atoms with Crippen LogP contribution in [0.25, 0.3) is 11.7 Å². The van der Waals surface area contributed by atoms with Crippen LogP contribution in [0.4, 0.5) is 13.2 Å². The second-order valence-corrected chi connectivity index (χ2v) is 8.03. The Labute approximate surface area is 161 Å². The third-order valence-corrected chi connectivity index (χ3v) is 6.24. The number of nitrogens with one attached hydrogen (secondary N) is 1. The number of carbonyl (C=O) groups is 1. The predicted octanol–water partition coefficient (Wildman–Crippen LogP) is 4.01. The summed E-state index contributed by atoms with van der Waals surface area (Å²) in [6.07, 6.45) is 4.43. The number of hydrogen-bond acceptors (Lipinski definition) is 3. The van der Waals surface area contributed by atoms with Crippen LogP contribution in [0.2, 0.25) is 0 Å². The van der Waals surface area contributed by atoms with Crippen LogP contribution in [0.5, 0.6) is 0 Å². The van der Waals surface area contributed by atoms with E-state index >= 15 is 0 Å². The predicted molar refractivity (Wildman–Crippen MR) is 98.3 cm³/mol. The van der Waals surface area contributed by atoms with E-state index in [1.807, 2.05) is 6.92 Å². The molecule has 4 unspecified atom stereocenters. The molecular weight excluding hydrogens is 369 g/mol. The number of carbonyl (C=O) groups excluding carboxylic acids is 1. The van der Waals surface area contributed by atoms with Crippen LogP contribution in [-0.2, 0) is 11.0 Å². The normalized spacial score (nSPS) is 25.7. The molecule has 1 N–H and O–H groups in total. The van der Waals surface area contributed by atoms with Gasteiger partial charge in [0.25, 0.3) is 0 Å². The third-order valence-electron chi connectivity index (χ3n) is 6.24. The molecule has 0 aromatic carbocycles. The van der Waals surface area contributed by atoms with Crippen LogP contribution in [0.3, 0.4) is 0 Å². The molecule has 2 heterocycles. The summed E-state index contributed by atoms with van der Waals surface area (Å²) in [6, 6.07) is 0.976. The molecule has 0 spiro atoms. The first-order chi connectivity index (χ1) is 13.2. The summed E-state index contributed by atoms with van der Waals surface area (Å²) >= 11 is 0. The lowest BCUT2D eigenvalue weighted by Gasteiger charge is -2.28. The molecule has 0 radical (unpaired) electrons. The molecule has 2 fully saturated rings. The highest BCUT2D eigenvalue weighted by molar-refractivity contribution is 5.93. The fourth-order valence-corrected chi connectivity index (χ4v) is 4.92. The number of halogens is 3. The monoisotopic (exact) mass is 392 g/mol. The lowest BCUT2D eigenvalue weighted by atomic mass is 9.84.